The van der Waals surface area contributed by atoms with Crippen LogP contribution in [0.25, 0.3) is 0 Å². The molecule has 3 rings (SSSR count). The number of halogens is 1. The molecule has 1 aliphatic heterocycles. The van der Waals surface area contributed by atoms with Crippen molar-refractivity contribution in [3.63, 3.8) is 0 Å². The standard InChI is InChI=1S/C18H26ClN5O2S/c1-3-4-17(26)24-8-7-23(10-12(24)2)15-9-14(19)21-18(22-15)27-11-16(25)20-13-5-6-13/h9,12-13H,3-8,10-11H2,1-2H3,(H,20,25)/t12-/m1/s1. The summed E-state index contributed by atoms with van der Waals surface area (Å²) in [6, 6.07) is 2.21. The largest absolute Gasteiger partial charge is 0.353 e. The predicted octanol–water partition coefficient (Wildman–Crippen LogP) is 2.34. The molecule has 1 N–H and O–H groups in total. The minimum atomic E-state index is 0.00398. The van der Waals surface area contributed by atoms with E-state index in [1.807, 2.05) is 11.8 Å². The van der Waals surface area contributed by atoms with E-state index < -0.39 is 0 Å². The lowest BCUT2D eigenvalue weighted by Crippen LogP contribution is -2.54. The van der Waals surface area contributed by atoms with Crippen molar-refractivity contribution in [2.24, 2.45) is 0 Å². The third kappa shape index (κ3) is 5.72. The minimum absolute atomic E-state index is 0.00398. The highest BCUT2D eigenvalue weighted by Gasteiger charge is 2.28. The van der Waals surface area contributed by atoms with Gasteiger partial charge in [-0.05, 0) is 26.2 Å². The van der Waals surface area contributed by atoms with Crippen molar-refractivity contribution in [3.8, 4) is 0 Å². The van der Waals surface area contributed by atoms with E-state index in [1.165, 1.54) is 11.8 Å². The van der Waals surface area contributed by atoms with Crippen LogP contribution in [0.2, 0.25) is 5.15 Å². The molecule has 1 saturated heterocycles. The fourth-order valence-corrected chi connectivity index (χ4v) is 4.03. The lowest BCUT2D eigenvalue weighted by molar-refractivity contribution is -0.133. The molecular formula is C18H26ClN5O2S. The molecule has 2 fully saturated rings. The van der Waals surface area contributed by atoms with Gasteiger partial charge in [0.1, 0.15) is 11.0 Å². The molecule has 148 valence electrons. The zero-order valence-electron chi connectivity index (χ0n) is 15.8. The SMILES string of the molecule is CCCC(=O)N1CCN(c2cc(Cl)nc(SCC(=O)NC3CC3)n2)C[C@H]1C. The second-order valence-corrected chi connectivity index (χ2v) is 8.42. The van der Waals surface area contributed by atoms with Gasteiger partial charge in [-0.3, -0.25) is 9.59 Å². The Morgan fingerprint density at radius 1 is 1.33 bits per heavy atom. The molecule has 1 saturated carbocycles. The number of carbonyl (C=O) groups is 2. The molecule has 27 heavy (non-hydrogen) atoms. The van der Waals surface area contributed by atoms with Crippen molar-refractivity contribution in [1.82, 2.24) is 20.2 Å². The first-order chi connectivity index (χ1) is 13.0. The third-order valence-electron chi connectivity index (χ3n) is 4.67. The molecule has 7 nitrogen and oxygen atoms in total. The number of aromatic nitrogens is 2. The van der Waals surface area contributed by atoms with Crippen LogP contribution >= 0.6 is 23.4 Å². The van der Waals surface area contributed by atoms with E-state index in [1.54, 1.807) is 6.07 Å². The van der Waals surface area contributed by atoms with Gasteiger partial charge >= 0.3 is 0 Å². The van der Waals surface area contributed by atoms with E-state index in [2.05, 4.69) is 27.1 Å². The van der Waals surface area contributed by atoms with Gasteiger partial charge in [-0.15, -0.1) is 0 Å². The summed E-state index contributed by atoms with van der Waals surface area (Å²) < 4.78 is 0. The van der Waals surface area contributed by atoms with Gasteiger partial charge in [0.25, 0.3) is 0 Å². The lowest BCUT2D eigenvalue weighted by Gasteiger charge is -2.40. The number of anilines is 1. The van der Waals surface area contributed by atoms with Gasteiger partial charge in [-0.1, -0.05) is 30.3 Å². The van der Waals surface area contributed by atoms with Gasteiger partial charge in [0.05, 0.1) is 5.75 Å². The summed E-state index contributed by atoms with van der Waals surface area (Å²) in [6.45, 7) is 6.16. The average molecular weight is 412 g/mol. The number of piperazine rings is 1. The fraction of sp³-hybridized carbons (Fsp3) is 0.667. The van der Waals surface area contributed by atoms with Crippen molar-refractivity contribution in [1.29, 1.82) is 0 Å². The minimum Gasteiger partial charge on any atom is -0.353 e. The smallest absolute Gasteiger partial charge is 0.230 e. The van der Waals surface area contributed by atoms with E-state index >= 15 is 0 Å². The van der Waals surface area contributed by atoms with Crippen LogP contribution in [-0.4, -0.2) is 64.2 Å². The van der Waals surface area contributed by atoms with Crippen LogP contribution in [0.1, 0.15) is 39.5 Å². The Morgan fingerprint density at radius 3 is 2.78 bits per heavy atom. The number of carbonyl (C=O) groups excluding carboxylic acids is 2. The Hall–Kier alpha value is -1.54. The van der Waals surface area contributed by atoms with Crippen molar-refractivity contribution in [2.45, 2.75) is 56.8 Å². The predicted molar refractivity (Wildman–Crippen MR) is 107 cm³/mol. The van der Waals surface area contributed by atoms with Crippen LogP contribution in [0, 0.1) is 0 Å². The monoisotopic (exact) mass is 411 g/mol. The van der Waals surface area contributed by atoms with Crippen molar-refractivity contribution < 1.29 is 9.59 Å². The molecule has 0 aromatic carbocycles. The average Bonchev–Trinajstić information content (AvgIpc) is 3.43. The molecule has 2 aliphatic rings. The highest BCUT2D eigenvalue weighted by molar-refractivity contribution is 7.99. The van der Waals surface area contributed by atoms with E-state index in [9.17, 15) is 9.59 Å². The van der Waals surface area contributed by atoms with Crippen LogP contribution in [0.3, 0.4) is 0 Å². The first-order valence-corrected chi connectivity index (χ1v) is 10.8. The normalized spacial score (nSPS) is 19.9. The maximum absolute atomic E-state index is 12.2. The zero-order valence-corrected chi connectivity index (χ0v) is 17.4. The molecule has 1 aromatic rings. The molecule has 2 amide bonds. The summed E-state index contributed by atoms with van der Waals surface area (Å²) in [7, 11) is 0. The first kappa shape index (κ1) is 20.2. The van der Waals surface area contributed by atoms with Crippen LogP contribution in [0.15, 0.2) is 11.2 Å². The number of nitrogens with zero attached hydrogens (tertiary/aromatic N) is 4. The molecule has 2 heterocycles. The molecule has 1 aromatic heterocycles. The van der Waals surface area contributed by atoms with Gasteiger partial charge in [0.2, 0.25) is 11.8 Å². The number of thioether (sulfide) groups is 1. The summed E-state index contributed by atoms with van der Waals surface area (Å²) in [5.41, 5.74) is 0. The molecule has 0 bridgehead atoms. The van der Waals surface area contributed by atoms with E-state index in [0.29, 0.717) is 42.4 Å². The molecule has 1 aliphatic carbocycles. The number of rotatable bonds is 7. The second-order valence-electron chi connectivity index (χ2n) is 7.09. The lowest BCUT2D eigenvalue weighted by atomic mass is 10.1. The van der Waals surface area contributed by atoms with Crippen LogP contribution in [0.5, 0.6) is 0 Å². The van der Waals surface area contributed by atoms with E-state index in [-0.39, 0.29) is 23.6 Å². The molecule has 0 radical (unpaired) electrons. The molecule has 0 unspecified atom stereocenters. The van der Waals surface area contributed by atoms with E-state index in [4.69, 9.17) is 11.6 Å². The summed E-state index contributed by atoms with van der Waals surface area (Å²) in [5, 5.41) is 3.82. The highest BCUT2D eigenvalue weighted by atomic mass is 35.5. The van der Waals surface area contributed by atoms with Crippen molar-refractivity contribution >= 4 is 41.0 Å². The van der Waals surface area contributed by atoms with Crippen LogP contribution < -0.4 is 10.2 Å². The molecule has 9 heteroatoms. The number of nitrogens with one attached hydrogen (secondary N) is 1. The first-order valence-electron chi connectivity index (χ1n) is 9.47. The Morgan fingerprint density at radius 2 is 2.11 bits per heavy atom. The van der Waals surface area contributed by atoms with Gasteiger partial charge in [0, 0.05) is 44.2 Å². The quantitative estimate of drug-likeness (QED) is 0.421. The topological polar surface area (TPSA) is 78.4 Å². The Labute approximate surface area is 169 Å². The Bertz CT molecular complexity index is 700. The summed E-state index contributed by atoms with van der Waals surface area (Å²) in [5.74, 6) is 1.24. The van der Waals surface area contributed by atoms with Gasteiger partial charge in [0.15, 0.2) is 5.16 Å². The van der Waals surface area contributed by atoms with Crippen LogP contribution in [-0.2, 0) is 9.59 Å². The maximum atomic E-state index is 12.2. The summed E-state index contributed by atoms with van der Waals surface area (Å²) >= 11 is 7.47. The third-order valence-corrected chi connectivity index (χ3v) is 5.71. The Balaban J connectivity index is 1.60. The van der Waals surface area contributed by atoms with Gasteiger partial charge in [-0.25, -0.2) is 9.97 Å². The Kier molecular flexibility index (Phi) is 6.81. The molecular weight excluding hydrogens is 386 g/mol. The zero-order chi connectivity index (χ0) is 19.4. The van der Waals surface area contributed by atoms with Crippen LogP contribution in [0.4, 0.5) is 5.82 Å². The second kappa shape index (κ2) is 9.10. The molecule has 0 spiro atoms. The number of amides is 2. The highest BCUT2D eigenvalue weighted by Crippen LogP contribution is 2.25. The van der Waals surface area contributed by atoms with Gasteiger partial charge < -0.3 is 15.1 Å². The maximum Gasteiger partial charge on any atom is 0.230 e. The summed E-state index contributed by atoms with van der Waals surface area (Å²) in [4.78, 5) is 37.0. The molecule has 1 atom stereocenters. The number of hydrogen-bond acceptors (Lipinski definition) is 6. The van der Waals surface area contributed by atoms with Crippen molar-refractivity contribution in [3.05, 3.63) is 11.2 Å². The summed E-state index contributed by atoms with van der Waals surface area (Å²) in [6.07, 6.45) is 3.59. The van der Waals surface area contributed by atoms with E-state index in [0.717, 1.165) is 25.1 Å². The van der Waals surface area contributed by atoms with Crippen molar-refractivity contribution in [2.75, 3.05) is 30.3 Å². The fourth-order valence-electron chi connectivity index (χ4n) is 3.13. The number of hydrogen-bond donors (Lipinski definition) is 1. The van der Waals surface area contributed by atoms with Gasteiger partial charge in [-0.2, -0.15) is 0 Å².